The second kappa shape index (κ2) is 3.37. The number of fused-ring (bicyclic) bond motifs is 1. The zero-order valence-corrected chi connectivity index (χ0v) is 8.38. The van der Waals surface area contributed by atoms with E-state index in [0.29, 0.717) is 0 Å². The lowest BCUT2D eigenvalue weighted by Gasteiger charge is -2.08. The summed E-state index contributed by atoms with van der Waals surface area (Å²) < 4.78 is 39.1. The average molecular weight is 227 g/mol. The summed E-state index contributed by atoms with van der Waals surface area (Å²) in [7, 11) is 0. The Kier molecular flexibility index (Phi) is 2.26. The molecule has 16 heavy (non-hydrogen) atoms. The van der Waals surface area contributed by atoms with Gasteiger partial charge in [-0.05, 0) is 18.2 Å². The molecule has 1 heterocycles. The number of aromatic nitrogens is 1. The third kappa shape index (κ3) is 1.58. The maximum atomic E-state index is 12.6. The van der Waals surface area contributed by atoms with Gasteiger partial charge in [-0.1, -0.05) is 6.07 Å². The van der Waals surface area contributed by atoms with E-state index in [9.17, 15) is 18.0 Å². The van der Waals surface area contributed by atoms with Crippen LogP contribution in [0.5, 0.6) is 0 Å². The van der Waals surface area contributed by atoms with Crippen molar-refractivity contribution in [1.82, 2.24) is 4.57 Å². The van der Waals surface area contributed by atoms with Crippen molar-refractivity contribution in [2.24, 2.45) is 0 Å². The lowest BCUT2D eigenvalue weighted by Crippen LogP contribution is -2.06. The molecule has 1 aromatic carbocycles. The highest BCUT2D eigenvalue weighted by atomic mass is 19.4. The molecule has 0 aliphatic carbocycles. The molecule has 0 amide bonds. The van der Waals surface area contributed by atoms with Gasteiger partial charge in [0.1, 0.15) is 0 Å². The van der Waals surface area contributed by atoms with E-state index in [4.69, 9.17) is 0 Å². The Balaban J connectivity index is 2.77. The number of rotatable bonds is 0. The van der Waals surface area contributed by atoms with E-state index in [1.54, 1.807) is 0 Å². The molecule has 0 spiro atoms. The molecular weight excluding hydrogens is 219 g/mol. The Morgan fingerprint density at radius 3 is 2.50 bits per heavy atom. The SMILES string of the molecule is CC(=O)n1ccc2c(C(F)(F)F)cccc21. The lowest BCUT2D eigenvalue weighted by atomic mass is 10.1. The molecule has 84 valence electrons. The van der Waals surface area contributed by atoms with E-state index in [-0.39, 0.29) is 16.8 Å². The van der Waals surface area contributed by atoms with Gasteiger partial charge in [0.25, 0.3) is 0 Å². The Morgan fingerprint density at radius 1 is 1.25 bits per heavy atom. The second-order valence-electron chi connectivity index (χ2n) is 3.44. The molecule has 0 bridgehead atoms. The number of hydrogen-bond acceptors (Lipinski definition) is 1. The molecule has 0 unspecified atom stereocenters. The first-order chi connectivity index (χ1) is 7.41. The maximum Gasteiger partial charge on any atom is 0.417 e. The molecule has 5 heteroatoms. The van der Waals surface area contributed by atoms with Crippen molar-refractivity contribution >= 4 is 16.8 Å². The Hall–Kier alpha value is -1.78. The van der Waals surface area contributed by atoms with Crippen LogP contribution in [0.1, 0.15) is 17.3 Å². The second-order valence-corrected chi connectivity index (χ2v) is 3.44. The van der Waals surface area contributed by atoms with E-state index in [0.717, 1.165) is 6.07 Å². The minimum atomic E-state index is -4.40. The highest BCUT2D eigenvalue weighted by Crippen LogP contribution is 2.34. The summed E-state index contributed by atoms with van der Waals surface area (Å²) in [6, 6.07) is 5.10. The molecule has 0 saturated carbocycles. The van der Waals surface area contributed by atoms with Crippen molar-refractivity contribution in [3.63, 3.8) is 0 Å². The minimum Gasteiger partial charge on any atom is -0.287 e. The highest BCUT2D eigenvalue weighted by Gasteiger charge is 2.32. The van der Waals surface area contributed by atoms with Gasteiger partial charge in [-0.15, -0.1) is 0 Å². The fraction of sp³-hybridized carbons (Fsp3) is 0.182. The normalized spacial score (nSPS) is 12.0. The van der Waals surface area contributed by atoms with Crippen LogP contribution < -0.4 is 0 Å². The largest absolute Gasteiger partial charge is 0.417 e. The topological polar surface area (TPSA) is 22.0 Å². The van der Waals surface area contributed by atoms with Crippen LogP contribution in [-0.2, 0) is 6.18 Å². The molecule has 0 aliphatic heterocycles. The minimum absolute atomic E-state index is 0.0465. The van der Waals surface area contributed by atoms with Gasteiger partial charge < -0.3 is 0 Å². The van der Waals surface area contributed by atoms with Crippen molar-refractivity contribution in [3.05, 3.63) is 36.0 Å². The molecule has 2 aromatic rings. The van der Waals surface area contributed by atoms with Crippen molar-refractivity contribution in [2.45, 2.75) is 13.1 Å². The van der Waals surface area contributed by atoms with Crippen LogP contribution in [0.25, 0.3) is 10.9 Å². The van der Waals surface area contributed by atoms with Gasteiger partial charge in [0, 0.05) is 18.5 Å². The van der Waals surface area contributed by atoms with Crippen LogP contribution >= 0.6 is 0 Å². The number of alkyl halides is 3. The molecule has 0 saturated heterocycles. The van der Waals surface area contributed by atoms with Gasteiger partial charge in [-0.2, -0.15) is 13.2 Å². The maximum absolute atomic E-state index is 12.6. The monoisotopic (exact) mass is 227 g/mol. The summed E-state index contributed by atoms with van der Waals surface area (Å²) in [6.07, 6.45) is -3.05. The summed E-state index contributed by atoms with van der Waals surface area (Å²) in [5, 5.41) is 0.0465. The third-order valence-electron chi connectivity index (χ3n) is 2.38. The zero-order valence-electron chi connectivity index (χ0n) is 8.38. The molecule has 0 atom stereocenters. The molecule has 0 fully saturated rings. The van der Waals surface area contributed by atoms with E-state index < -0.39 is 11.7 Å². The quantitative estimate of drug-likeness (QED) is 0.676. The fourth-order valence-electron chi connectivity index (χ4n) is 1.69. The van der Waals surface area contributed by atoms with Crippen LogP contribution in [0.2, 0.25) is 0 Å². The summed E-state index contributed by atoms with van der Waals surface area (Å²) >= 11 is 0. The van der Waals surface area contributed by atoms with Gasteiger partial charge in [0.05, 0.1) is 11.1 Å². The Bertz CT molecular complexity index is 554. The molecule has 0 radical (unpaired) electrons. The molecule has 0 N–H and O–H groups in total. The van der Waals surface area contributed by atoms with Gasteiger partial charge in [-0.25, -0.2) is 0 Å². The van der Waals surface area contributed by atoms with Crippen molar-refractivity contribution in [1.29, 1.82) is 0 Å². The molecule has 2 nitrogen and oxygen atoms in total. The van der Waals surface area contributed by atoms with Crippen molar-refractivity contribution in [3.8, 4) is 0 Å². The lowest BCUT2D eigenvalue weighted by molar-refractivity contribution is -0.136. The van der Waals surface area contributed by atoms with E-state index in [1.807, 2.05) is 0 Å². The Labute approximate surface area is 89.3 Å². The van der Waals surface area contributed by atoms with Crippen LogP contribution in [0.4, 0.5) is 13.2 Å². The first kappa shape index (κ1) is 10.7. The Morgan fingerprint density at radius 2 is 1.94 bits per heavy atom. The van der Waals surface area contributed by atoms with Crippen LogP contribution in [-0.4, -0.2) is 10.5 Å². The number of nitrogens with zero attached hydrogens (tertiary/aromatic N) is 1. The molecule has 2 rings (SSSR count). The van der Waals surface area contributed by atoms with E-state index >= 15 is 0 Å². The molecule has 1 aromatic heterocycles. The van der Waals surface area contributed by atoms with Crippen molar-refractivity contribution < 1.29 is 18.0 Å². The number of carbonyl (C=O) groups excluding carboxylic acids is 1. The van der Waals surface area contributed by atoms with Gasteiger partial charge in [-0.3, -0.25) is 9.36 Å². The zero-order chi connectivity index (χ0) is 11.9. The van der Waals surface area contributed by atoms with E-state index in [1.165, 1.54) is 35.9 Å². The van der Waals surface area contributed by atoms with Gasteiger partial charge >= 0.3 is 6.18 Å². The van der Waals surface area contributed by atoms with Crippen LogP contribution in [0, 0.1) is 0 Å². The third-order valence-corrected chi connectivity index (χ3v) is 2.38. The van der Waals surface area contributed by atoms with Crippen LogP contribution in [0.15, 0.2) is 30.5 Å². The van der Waals surface area contributed by atoms with Crippen LogP contribution in [0.3, 0.4) is 0 Å². The number of halogens is 3. The predicted molar refractivity (Wildman–Crippen MR) is 53.2 cm³/mol. The van der Waals surface area contributed by atoms with E-state index in [2.05, 4.69) is 0 Å². The first-order valence-corrected chi connectivity index (χ1v) is 4.59. The number of benzene rings is 1. The fourth-order valence-corrected chi connectivity index (χ4v) is 1.69. The summed E-state index contributed by atoms with van der Waals surface area (Å²) in [5.74, 6) is -0.311. The molecular formula is C11H8F3NO. The summed E-state index contributed by atoms with van der Waals surface area (Å²) in [4.78, 5) is 11.2. The first-order valence-electron chi connectivity index (χ1n) is 4.59. The smallest absolute Gasteiger partial charge is 0.287 e. The summed E-state index contributed by atoms with van der Waals surface area (Å²) in [5.41, 5.74) is -0.438. The predicted octanol–water partition coefficient (Wildman–Crippen LogP) is 3.32. The number of hydrogen-bond donors (Lipinski definition) is 0. The highest BCUT2D eigenvalue weighted by molar-refractivity contribution is 5.93. The van der Waals surface area contributed by atoms with Gasteiger partial charge in [0.15, 0.2) is 0 Å². The number of carbonyl (C=O) groups is 1. The molecule has 0 aliphatic rings. The summed E-state index contributed by atoms with van der Waals surface area (Å²) in [6.45, 7) is 1.31. The van der Waals surface area contributed by atoms with Gasteiger partial charge in [0.2, 0.25) is 5.91 Å². The average Bonchev–Trinajstić information content (AvgIpc) is 2.58. The van der Waals surface area contributed by atoms with Crippen molar-refractivity contribution in [2.75, 3.05) is 0 Å². The standard InChI is InChI=1S/C11H8F3NO/c1-7(16)15-6-5-8-9(11(12,13)14)3-2-4-10(8)15/h2-6H,1H3.